The Hall–Kier alpha value is -2.75. The van der Waals surface area contributed by atoms with Gasteiger partial charge in [-0.3, -0.25) is 4.90 Å². The molecule has 5 rings (SSSR count). The molecule has 0 unspecified atom stereocenters. The van der Waals surface area contributed by atoms with Crippen LogP contribution in [0.1, 0.15) is 37.8 Å². The number of imidazole rings is 1. The molecule has 2 aliphatic rings. The van der Waals surface area contributed by atoms with Crippen molar-refractivity contribution in [2.24, 2.45) is 0 Å². The fourth-order valence-corrected chi connectivity index (χ4v) is 4.79. The van der Waals surface area contributed by atoms with Crippen molar-refractivity contribution >= 4 is 28.6 Å². The van der Waals surface area contributed by atoms with Gasteiger partial charge in [0.25, 0.3) is 0 Å². The smallest absolute Gasteiger partial charge is 0.231 e. The van der Waals surface area contributed by atoms with Crippen LogP contribution >= 0.6 is 0 Å². The zero-order valence-electron chi connectivity index (χ0n) is 19.6. The SMILES string of the molecule is Cc1cc(CN2C[C@@H](C)O[C@@H](C)C2)ccc1Nc1nc(NC2CCOCC2)c2[nH]cnc2n1. The number of fused-ring (bicyclic) bond motifs is 1. The van der Waals surface area contributed by atoms with Crippen molar-refractivity contribution < 1.29 is 9.47 Å². The molecule has 9 nitrogen and oxygen atoms in total. The van der Waals surface area contributed by atoms with E-state index in [4.69, 9.17) is 14.5 Å². The van der Waals surface area contributed by atoms with Gasteiger partial charge in [-0.15, -0.1) is 0 Å². The number of nitrogens with zero attached hydrogens (tertiary/aromatic N) is 4. The summed E-state index contributed by atoms with van der Waals surface area (Å²) in [5.41, 5.74) is 4.92. The van der Waals surface area contributed by atoms with Gasteiger partial charge in [-0.05, 0) is 50.8 Å². The lowest BCUT2D eigenvalue weighted by Gasteiger charge is -2.35. The number of ether oxygens (including phenoxy) is 2. The molecular weight excluding hydrogens is 418 g/mol. The maximum Gasteiger partial charge on any atom is 0.231 e. The van der Waals surface area contributed by atoms with Crippen molar-refractivity contribution in [3.8, 4) is 0 Å². The summed E-state index contributed by atoms with van der Waals surface area (Å²) in [6, 6.07) is 6.86. The number of H-pyrrole nitrogens is 1. The molecule has 0 bridgehead atoms. The summed E-state index contributed by atoms with van der Waals surface area (Å²) in [5.74, 6) is 1.31. The van der Waals surface area contributed by atoms with E-state index in [-0.39, 0.29) is 12.2 Å². The number of anilines is 3. The van der Waals surface area contributed by atoms with E-state index in [1.807, 2.05) is 0 Å². The second-order valence-corrected chi connectivity index (χ2v) is 9.25. The van der Waals surface area contributed by atoms with Crippen LogP contribution in [0.3, 0.4) is 0 Å². The first-order valence-corrected chi connectivity index (χ1v) is 11.8. The first-order valence-electron chi connectivity index (χ1n) is 11.8. The van der Waals surface area contributed by atoms with Gasteiger partial charge in [-0.1, -0.05) is 12.1 Å². The number of morpholine rings is 1. The summed E-state index contributed by atoms with van der Waals surface area (Å²) in [6.45, 7) is 10.8. The minimum Gasteiger partial charge on any atom is -0.381 e. The Bertz CT molecular complexity index is 1090. The third-order valence-corrected chi connectivity index (χ3v) is 6.29. The number of aromatic nitrogens is 4. The van der Waals surface area contributed by atoms with Crippen LogP contribution in [0.25, 0.3) is 11.2 Å². The fourth-order valence-electron chi connectivity index (χ4n) is 4.79. The van der Waals surface area contributed by atoms with Crippen molar-refractivity contribution in [3.05, 3.63) is 35.7 Å². The minimum absolute atomic E-state index is 0.272. The lowest BCUT2D eigenvalue weighted by atomic mass is 10.1. The average molecular weight is 452 g/mol. The predicted molar refractivity (Wildman–Crippen MR) is 129 cm³/mol. The van der Waals surface area contributed by atoms with Gasteiger partial charge in [-0.25, -0.2) is 4.98 Å². The molecule has 0 saturated carbocycles. The Balaban J connectivity index is 1.31. The number of hydrogen-bond acceptors (Lipinski definition) is 8. The zero-order chi connectivity index (χ0) is 22.8. The third kappa shape index (κ3) is 5.26. The number of nitrogens with one attached hydrogen (secondary N) is 3. The molecule has 0 radical (unpaired) electrons. The zero-order valence-corrected chi connectivity index (χ0v) is 19.6. The lowest BCUT2D eigenvalue weighted by molar-refractivity contribution is -0.0704. The minimum atomic E-state index is 0.272. The van der Waals surface area contributed by atoms with E-state index in [2.05, 4.69) is 69.5 Å². The van der Waals surface area contributed by atoms with Gasteiger partial charge >= 0.3 is 0 Å². The van der Waals surface area contributed by atoms with Crippen LogP contribution in [0.15, 0.2) is 24.5 Å². The topological polar surface area (TPSA) is 100 Å². The average Bonchev–Trinajstić information content (AvgIpc) is 3.25. The number of benzene rings is 1. The highest BCUT2D eigenvalue weighted by Crippen LogP contribution is 2.26. The molecule has 0 amide bonds. The molecule has 2 fully saturated rings. The Morgan fingerprint density at radius 2 is 1.91 bits per heavy atom. The molecule has 0 spiro atoms. The highest BCUT2D eigenvalue weighted by molar-refractivity contribution is 5.84. The molecule has 176 valence electrons. The first-order chi connectivity index (χ1) is 16.0. The van der Waals surface area contributed by atoms with Crippen LogP contribution in [0.5, 0.6) is 0 Å². The fraction of sp³-hybridized carbons (Fsp3) is 0.542. The maximum atomic E-state index is 5.86. The van der Waals surface area contributed by atoms with E-state index in [0.717, 1.165) is 68.3 Å². The van der Waals surface area contributed by atoms with Crippen molar-refractivity contribution in [2.75, 3.05) is 36.9 Å². The van der Waals surface area contributed by atoms with E-state index in [1.165, 1.54) is 5.56 Å². The predicted octanol–water partition coefficient (Wildman–Crippen LogP) is 3.61. The quantitative estimate of drug-likeness (QED) is 0.523. The summed E-state index contributed by atoms with van der Waals surface area (Å²) < 4.78 is 11.3. The monoisotopic (exact) mass is 451 g/mol. The third-order valence-electron chi connectivity index (χ3n) is 6.29. The molecule has 1 aromatic carbocycles. The van der Waals surface area contributed by atoms with Crippen LogP contribution in [0.4, 0.5) is 17.5 Å². The number of rotatable bonds is 6. The second kappa shape index (κ2) is 9.62. The normalized spacial score (nSPS) is 22.5. The molecule has 33 heavy (non-hydrogen) atoms. The standard InChI is InChI=1S/C24H33N7O2/c1-15-10-18(13-31-11-16(2)33-17(3)12-31)4-5-20(15)28-24-29-22-21(25-14-26-22)23(30-24)27-19-6-8-32-9-7-19/h4-5,10,14,16-17,19H,6-9,11-13H2,1-3H3,(H3,25,26,27,28,29,30)/t16-,17+. The summed E-state index contributed by atoms with van der Waals surface area (Å²) in [7, 11) is 0. The molecule has 0 aliphatic carbocycles. The summed E-state index contributed by atoms with van der Waals surface area (Å²) in [6.07, 6.45) is 4.13. The van der Waals surface area contributed by atoms with E-state index >= 15 is 0 Å². The molecule has 2 saturated heterocycles. The van der Waals surface area contributed by atoms with Gasteiger partial charge in [0.1, 0.15) is 5.52 Å². The van der Waals surface area contributed by atoms with E-state index in [9.17, 15) is 0 Å². The lowest BCUT2D eigenvalue weighted by Crippen LogP contribution is -2.44. The van der Waals surface area contributed by atoms with Crippen molar-refractivity contribution in [1.29, 1.82) is 0 Å². The maximum absolute atomic E-state index is 5.86. The highest BCUT2D eigenvalue weighted by atomic mass is 16.5. The summed E-state index contributed by atoms with van der Waals surface area (Å²) in [4.78, 5) is 19.4. The Morgan fingerprint density at radius 1 is 1.12 bits per heavy atom. The summed E-state index contributed by atoms with van der Waals surface area (Å²) >= 11 is 0. The van der Waals surface area contributed by atoms with Crippen LogP contribution in [-0.2, 0) is 16.0 Å². The molecule has 3 aromatic rings. The Labute approximate surface area is 194 Å². The highest BCUT2D eigenvalue weighted by Gasteiger charge is 2.22. The first kappa shape index (κ1) is 22.1. The largest absolute Gasteiger partial charge is 0.381 e. The van der Waals surface area contributed by atoms with Crippen LogP contribution < -0.4 is 10.6 Å². The van der Waals surface area contributed by atoms with E-state index in [0.29, 0.717) is 17.6 Å². The van der Waals surface area contributed by atoms with E-state index < -0.39 is 0 Å². The van der Waals surface area contributed by atoms with Gasteiger partial charge in [0.2, 0.25) is 5.95 Å². The molecular formula is C24H33N7O2. The van der Waals surface area contributed by atoms with Gasteiger partial charge in [0.15, 0.2) is 11.5 Å². The number of aromatic amines is 1. The van der Waals surface area contributed by atoms with E-state index in [1.54, 1.807) is 6.33 Å². The summed E-state index contributed by atoms with van der Waals surface area (Å²) in [5, 5.41) is 6.96. The Morgan fingerprint density at radius 3 is 2.67 bits per heavy atom. The van der Waals surface area contributed by atoms with Gasteiger partial charge in [-0.2, -0.15) is 9.97 Å². The van der Waals surface area contributed by atoms with Gasteiger partial charge < -0.3 is 25.1 Å². The second-order valence-electron chi connectivity index (χ2n) is 9.25. The van der Waals surface area contributed by atoms with Crippen LogP contribution in [-0.4, -0.2) is 69.4 Å². The van der Waals surface area contributed by atoms with Crippen LogP contribution in [0, 0.1) is 6.92 Å². The number of aryl methyl sites for hydroxylation is 1. The molecule has 2 aromatic heterocycles. The molecule has 3 N–H and O–H groups in total. The van der Waals surface area contributed by atoms with Crippen molar-refractivity contribution in [3.63, 3.8) is 0 Å². The number of hydrogen-bond donors (Lipinski definition) is 3. The molecule has 4 heterocycles. The van der Waals surface area contributed by atoms with Crippen molar-refractivity contribution in [1.82, 2.24) is 24.8 Å². The molecule has 9 heteroatoms. The molecule has 2 aliphatic heterocycles. The Kier molecular flexibility index (Phi) is 6.43. The van der Waals surface area contributed by atoms with Crippen molar-refractivity contribution in [2.45, 2.75) is 58.4 Å². The van der Waals surface area contributed by atoms with Gasteiger partial charge in [0.05, 0.1) is 18.5 Å². The van der Waals surface area contributed by atoms with Crippen LogP contribution in [0.2, 0.25) is 0 Å². The molecule has 2 atom stereocenters. The van der Waals surface area contributed by atoms with Gasteiger partial charge in [0, 0.05) is 44.6 Å².